The largest absolute Gasteiger partial charge is 0.693 e. The zero-order chi connectivity index (χ0) is 26.5. The number of hydrogen-bond donors (Lipinski definition) is 4. The number of piperidine rings is 2. The van der Waals surface area contributed by atoms with Gasteiger partial charge in [0.2, 0.25) is 0 Å². The molecule has 0 spiro atoms. The molecule has 10 nitrogen and oxygen atoms in total. The predicted octanol–water partition coefficient (Wildman–Crippen LogP) is 4.14. The summed E-state index contributed by atoms with van der Waals surface area (Å²) >= 11 is 0. The maximum absolute atomic E-state index is 10.6. The van der Waals surface area contributed by atoms with Crippen LogP contribution in [-0.4, -0.2) is 96.9 Å². The van der Waals surface area contributed by atoms with E-state index in [2.05, 4.69) is 67.8 Å². The van der Waals surface area contributed by atoms with Gasteiger partial charge in [-0.05, 0) is 88.8 Å². The molecule has 0 unspecified atom stereocenters. The van der Waals surface area contributed by atoms with Crippen molar-refractivity contribution in [1.29, 1.82) is 0 Å². The van der Waals surface area contributed by atoms with E-state index in [0.29, 0.717) is 24.2 Å². The summed E-state index contributed by atoms with van der Waals surface area (Å²) in [6.07, 6.45) is 5.51. The predicted molar refractivity (Wildman–Crippen MR) is 161 cm³/mol. The van der Waals surface area contributed by atoms with Crippen LogP contribution in [0.3, 0.4) is 0 Å². The topological polar surface area (TPSA) is 125 Å². The van der Waals surface area contributed by atoms with Crippen molar-refractivity contribution in [2.45, 2.75) is 52.0 Å². The Kier molecular flexibility index (Phi) is 12.5. The molecule has 0 bridgehead atoms. The fourth-order valence-electron chi connectivity index (χ4n) is 6.14. The van der Waals surface area contributed by atoms with E-state index in [-0.39, 0.29) is 33.1 Å². The second-order valence-electron chi connectivity index (χ2n) is 11.3. The van der Waals surface area contributed by atoms with E-state index < -0.39 is 0 Å². The van der Waals surface area contributed by atoms with E-state index in [1.165, 1.54) is 63.1 Å². The van der Waals surface area contributed by atoms with E-state index in [4.69, 9.17) is 4.98 Å². The molecule has 0 saturated carbocycles. The second kappa shape index (κ2) is 15.3. The molecule has 2 aromatic rings. The van der Waals surface area contributed by atoms with E-state index >= 15 is 0 Å². The minimum absolute atomic E-state index is 0. The molecule has 222 valence electrons. The number of piperazine rings is 1. The summed E-state index contributed by atoms with van der Waals surface area (Å²) in [5.41, 5.74) is 4.24. The third-order valence-corrected chi connectivity index (χ3v) is 8.62. The monoisotopic (exact) mass is 722 g/mol. The third kappa shape index (κ3) is 8.07. The Morgan fingerprint density at radius 2 is 1.68 bits per heavy atom. The number of aromatic nitrogens is 2. The number of anilines is 4. The van der Waals surface area contributed by atoms with E-state index in [0.717, 1.165) is 49.9 Å². The van der Waals surface area contributed by atoms with E-state index in [1.807, 2.05) is 6.92 Å². The van der Waals surface area contributed by atoms with Gasteiger partial charge < -0.3 is 37.0 Å². The van der Waals surface area contributed by atoms with Gasteiger partial charge in [-0.15, -0.1) is 0 Å². The number of nitrogens with two attached hydrogens (primary N) is 1. The van der Waals surface area contributed by atoms with Crippen LogP contribution in [0.2, 0.25) is 0 Å². The third-order valence-electron chi connectivity index (χ3n) is 8.62. The fraction of sp³-hybridized carbons (Fsp3) is 0.655. The molecule has 1 aromatic carbocycles. The molecule has 0 aliphatic carbocycles. The van der Waals surface area contributed by atoms with Crippen LogP contribution in [0, 0.1) is 12.8 Å². The van der Waals surface area contributed by atoms with Crippen LogP contribution in [-0.2, 0) is 27.5 Å². The van der Waals surface area contributed by atoms with Crippen molar-refractivity contribution < 1.29 is 26.2 Å². The van der Waals surface area contributed by atoms with Gasteiger partial charge in [0.1, 0.15) is 0 Å². The number of nitrogens with zero attached hydrogens (tertiary/aromatic N) is 5. The average Bonchev–Trinajstić information content (AvgIpc) is 2.94. The Hall–Kier alpha value is -1.97. The van der Waals surface area contributed by atoms with Gasteiger partial charge in [0.25, 0.3) is 5.88 Å². The van der Waals surface area contributed by atoms with Crippen molar-refractivity contribution in [2.24, 2.45) is 5.92 Å². The van der Waals surface area contributed by atoms with Crippen molar-refractivity contribution in [3.8, 4) is 5.88 Å². The molecule has 40 heavy (non-hydrogen) atoms. The summed E-state index contributed by atoms with van der Waals surface area (Å²) in [4.78, 5) is 16.9. The fourth-order valence-corrected chi connectivity index (χ4v) is 6.14. The molecule has 3 aliphatic rings. The molecule has 6 N–H and O–H groups in total. The minimum atomic E-state index is -0.0537. The van der Waals surface area contributed by atoms with Crippen molar-refractivity contribution in [1.82, 2.24) is 25.1 Å². The average molecular weight is 723 g/mol. The van der Waals surface area contributed by atoms with Crippen LogP contribution >= 0.6 is 0 Å². The maximum Gasteiger partial charge on any atom is 0.255 e. The minimum Gasteiger partial charge on any atom is -0.693 e. The van der Waals surface area contributed by atoms with Gasteiger partial charge in [0, 0.05) is 84.3 Å². The standard InChI is InChI=1S/C29H46N8O.H2N.W/c1-4-25-27(31-20-22-7-11-30-12-8-22)34-28(29(38)33-25)32-23-5-6-26(21(2)19-23)37-13-9-24(10-14-37)36-17-15-35(3)16-18-36;;/h5-6,19,22,24,30H,4,7-18,20H2,1-3H3,(H,33,38)(H2,31,32,34);1H2;/q;-1;. The maximum atomic E-state index is 10.6. The van der Waals surface area contributed by atoms with E-state index in [9.17, 15) is 5.11 Å². The zero-order valence-electron chi connectivity index (χ0n) is 24.5. The van der Waals surface area contributed by atoms with Gasteiger partial charge in [-0.2, -0.15) is 0 Å². The molecule has 5 rings (SSSR count). The molecular weight excluding hydrogens is 674 g/mol. The summed E-state index contributed by atoms with van der Waals surface area (Å²) in [7, 11) is 2.22. The molecule has 1 aromatic heterocycles. The molecule has 0 atom stereocenters. The first kappa shape index (κ1) is 32.5. The number of likely N-dealkylation sites (N-methyl/N-ethyl adjacent to an activating group) is 1. The molecule has 3 aliphatic heterocycles. The summed E-state index contributed by atoms with van der Waals surface area (Å²) < 4.78 is 0. The first-order valence-electron chi connectivity index (χ1n) is 14.6. The number of aromatic hydroxyl groups is 1. The quantitative estimate of drug-likeness (QED) is 0.319. The Balaban J connectivity index is 0.00000220. The number of nitrogens with one attached hydrogen (secondary N) is 3. The van der Waals surface area contributed by atoms with Crippen LogP contribution < -0.4 is 20.9 Å². The number of hydrogen-bond acceptors (Lipinski definition) is 9. The second-order valence-corrected chi connectivity index (χ2v) is 11.3. The van der Waals surface area contributed by atoms with E-state index in [1.54, 1.807) is 0 Å². The molecule has 3 saturated heterocycles. The Labute approximate surface area is 254 Å². The molecular formula is C29H48N9OW-. The Morgan fingerprint density at radius 1 is 0.975 bits per heavy atom. The SMILES string of the molecule is CCc1nc(O)c(Nc2ccc(N3CCC(N4CCN(C)CC4)CC3)c(C)c2)nc1NCC1CCNCC1.[NH2-].[W]. The summed E-state index contributed by atoms with van der Waals surface area (Å²) in [6.45, 7) is 14.2. The smallest absolute Gasteiger partial charge is 0.255 e. The Bertz CT molecular complexity index is 1070. The zero-order valence-corrected chi connectivity index (χ0v) is 27.4. The number of benzene rings is 1. The van der Waals surface area contributed by atoms with Crippen LogP contribution in [0.15, 0.2) is 18.2 Å². The van der Waals surface area contributed by atoms with Crippen LogP contribution in [0.25, 0.3) is 6.15 Å². The van der Waals surface area contributed by atoms with Gasteiger partial charge >= 0.3 is 0 Å². The van der Waals surface area contributed by atoms with Crippen molar-refractivity contribution in [2.75, 3.05) is 81.5 Å². The number of aryl methyl sites for hydroxylation is 2. The van der Waals surface area contributed by atoms with Crippen LogP contribution in [0.1, 0.15) is 43.9 Å². The van der Waals surface area contributed by atoms with Gasteiger partial charge in [0.15, 0.2) is 11.6 Å². The molecule has 11 heteroatoms. The van der Waals surface area contributed by atoms with Crippen molar-refractivity contribution in [3.05, 3.63) is 35.6 Å². The number of rotatable bonds is 8. The summed E-state index contributed by atoms with van der Waals surface area (Å²) in [6, 6.07) is 7.16. The van der Waals surface area contributed by atoms with Crippen molar-refractivity contribution in [3.63, 3.8) is 0 Å². The summed E-state index contributed by atoms with van der Waals surface area (Å²) in [5, 5.41) is 20.9. The van der Waals surface area contributed by atoms with Gasteiger partial charge in [-0.3, -0.25) is 4.90 Å². The van der Waals surface area contributed by atoms with Gasteiger partial charge in [0.05, 0.1) is 5.69 Å². The Morgan fingerprint density at radius 3 is 2.33 bits per heavy atom. The molecule has 4 heterocycles. The van der Waals surface area contributed by atoms with Crippen LogP contribution in [0.4, 0.5) is 23.0 Å². The normalized spacial score (nSPS) is 19.5. The van der Waals surface area contributed by atoms with Gasteiger partial charge in [-0.1, -0.05) is 6.92 Å². The van der Waals surface area contributed by atoms with Crippen LogP contribution in [0.5, 0.6) is 5.88 Å². The first-order chi connectivity index (χ1) is 18.5. The molecule has 0 amide bonds. The molecule has 3 fully saturated rings. The summed E-state index contributed by atoms with van der Waals surface area (Å²) in [5.74, 6) is 1.75. The molecule has 0 radical (unpaired) electrons. The first-order valence-corrected chi connectivity index (χ1v) is 14.6. The van der Waals surface area contributed by atoms with Gasteiger partial charge in [-0.25, -0.2) is 9.97 Å². The van der Waals surface area contributed by atoms with Crippen molar-refractivity contribution >= 4 is 23.0 Å².